The summed E-state index contributed by atoms with van der Waals surface area (Å²) in [4.78, 5) is 16.3. The van der Waals surface area contributed by atoms with Crippen molar-refractivity contribution in [2.75, 3.05) is 6.61 Å². The second-order valence-electron chi connectivity index (χ2n) is 5.41. The lowest BCUT2D eigenvalue weighted by atomic mass is 10.2. The molecule has 6 heteroatoms. The van der Waals surface area contributed by atoms with E-state index < -0.39 is 0 Å². The van der Waals surface area contributed by atoms with Gasteiger partial charge >= 0.3 is 0 Å². The van der Waals surface area contributed by atoms with E-state index in [1.165, 1.54) is 0 Å². The van der Waals surface area contributed by atoms with Gasteiger partial charge in [0, 0.05) is 18.8 Å². The van der Waals surface area contributed by atoms with Crippen LogP contribution in [0.4, 0.5) is 0 Å². The zero-order chi connectivity index (χ0) is 16.8. The van der Waals surface area contributed by atoms with E-state index in [-0.39, 0.29) is 5.91 Å². The highest BCUT2D eigenvalue weighted by atomic mass is 35.5. The van der Waals surface area contributed by atoms with Gasteiger partial charge in [-0.1, -0.05) is 41.9 Å². The van der Waals surface area contributed by atoms with Crippen molar-refractivity contribution in [3.63, 3.8) is 0 Å². The van der Waals surface area contributed by atoms with Gasteiger partial charge in [0.15, 0.2) is 0 Å². The highest BCUT2D eigenvalue weighted by molar-refractivity contribution is 6.30. The molecule has 0 spiro atoms. The maximum absolute atomic E-state index is 11.9. The van der Waals surface area contributed by atoms with Gasteiger partial charge in [0.25, 0.3) is 0 Å². The van der Waals surface area contributed by atoms with Crippen molar-refractivity contribution in [3.05, 3.63) is 71.1 Å². The number of nitrogens with zero attached hydrogens (tertiary/aromatic N) is 2. The molecule has 124 valence electrons. The minimum Gasteiger partial charge on any atom is -0.376 e. The molecule has 2 heterocycles. The fourth-order valence-electron chi connectivity index (χ4n) is 2.31. The molecular weight excluding hydrogens is 326 g/mol. The molecule has 0 unspecified atom stereocenters. The summed E-state index contributed by atoms with van der Waals surface area (Å²) in [7, 11) is 0. The Bertz CT molecular complexity index is 818. The molecule has 0 fully saturated rings. The van der Waals surface area contributed by atoms with E-state index in [9.17, 15) is 4.79 Å². The van der Waals surface area contributed by atoms with Crippen LogP contribution in [0.25, 0.3) is 5.65 Å². The first kappa shape index (κ1) is 16.5. The average Bonchev–Trinajstić information content (AvgIpc) is 3.00. The van der Waals surface area contributed by atoms with Crippen LogP contribution in [0.2, 0.25) is 5.02 Å². The van der Waals surface area contributed by atoms with Crippen LogP contribution in [0.5, 0.6) is 0 Å². The summed E-state index contributed by atoms with van der Waals surface area (Å²) in [5, 5.41) is 3.49. The molecule has 0 saturated heterocycles. The van der Waals surface area contributed by atoms with Gasteiger partial charge in [-0.05, 0) is 17.7 Å². The summed E-state index contributed by atoms with van der Waals surface area (Å²) in [5.41, 5.74) is 2.69. The number of hydrogen-bond donors (Lipinski definition) is 1. The highest BCUT2D eigenvalue weighted by Crippen LogP contribution is 2.11. The van der Waals surface area contributed by atoms with Crippen LogP contribution in [0.3, 0.4) is 0 Å². The maximum atomic E-state index is 11.9. The van der Waals surface area contributed by atoms with E-state index in [0.717, 1.165) is 16.9 Å². The van der Waals surface area contributed by atoms with Crippen molar-refractivity contribution in [1.82, 2.24) is 14.7 Å². The Balaban J connectivity index is 1.40. The molecule has 5 nitrogen and oxygen atoms in total. The van der Waals surface area contributed by atoms with Gasteiger partial charge in [-0.25, -0.2) is 4.98 Å². The molecule has 2 aromatic heterocycles. The van der Waals surface area contributed by atoms with Gasteiger partial charge in [-0.2, -0.15) is 0 Å². The first-order valence-electron chi connectivity index (χ1n) is 7.72. The zero-order valence-electron chi connectivity index (χ0n) is 13.1. The summed E-state index contributed by atoms with van der Waals surface area (Å²) < 4.78 is 7.35. The SMILES string of the molecule is O=C(CCOCc1ccccc1)NCc1cn2cc(Cl)ccc2n1. The Morgan fingerprint density at radius 2 is 2.00 bits per heavy atom. The Hall–Kier alpha value is -2.37. The maximum Gasteiger partial charge on any atom is 0.222 e. The Morgan fingerprint density at radius 1 is 1.17 bits per heavy atom. The number of nitrogens with one attached hydrogen (secondary N) is 1. The highest BCUT2D eigenvalue weighted by Gasteiger charge is 2.05. The smallest absolute Gasteiger partial charge is 0.222 e. The number of benzene rings is 1. The fraction of sp³-hybridized carbons (Fsp3) is 0.222. The number of carbonyl (C=O) groups is 1. The Labute approximate surface area is 145 Å². The summed E-state index contributed by atoms with van der Waals surface area (Å²) in [5.74, 6) is -0.0573. The molecule has 3 rings (SSSR count). The number of hydrogen-bond acceptors (Lipinski definition) is 3. The van der Waals surface area contributed by atoms with E-state index in [1.54, 1.807) is 12.3 Å². The second-order valence-corrected chi connectivity index (χ2v) is 5.85. The number of carbonyl (C=O) groups excluding carboxylic acids is 1. The van der Waals surface area contributed by atoms with E-state index >= 15 is 0 Å². The number of aromatic nitrogens is 2. The van der Waals surface area contributed by atoms with Crippen molar-refractivity contribution in [2.24, 2.45) is 0 Å². The third-order valence-electron chi connectivity index (χ3n) is 3.52. The van der Waals surface area contributed by atoms with Gasteiger partial charge in [0.05, 0.1) is 30.5 Å². The molecule has 0 saturated carbocycles. The van der Waals surface area contributed by atoms with Crippen LogP contribution in [0, 0.1) is 0 Å². The van der Waals surface area contributed by atoms with Crippen LogP contribution in [0.1, 0.15) is 17.7 Å². The Morgan fingerprint density at radius 3 is 2.83 bits per heavy atom. The molecule has 0 bridgehead atoms. The standard InChI is InChI=1S/C18H18ClN3O2/c19-15-6-7-17-21-16(12-22(17)11-15)10-20-18(23)8-9-24-13-14-4-2-1-3-5-14/h1-7,11-12H,8-10,13H2,(H,20,23). The molecular formula is C18H18ClN3O2. The second kappa shape index (κ2) is 7.95. The number of imidazole rings is 1. The number of amides is 1. The molecule has 3 aromatic rings. The van der Waals surface area contributed by atoms with Crippen molar-refractivity contribution in [3.8, 4) is 0 Å². The number of halogens is 1. The van der Waals surface area contributed by atoms with Gasteiger partial charge in [0.2, 0.25) is 5.91 Å². The van der Waals surface area contributed by atoms with Crippen LogP contribution >= 0.6 is 11.6 Å². The van der Waals surface area contributed by atoms with Gasteiger partial charge in [0.1, 0.15) is 5.65 Å². The van der Waals surface area contributed by atoms with Crippen molar-refractivity contribution in [1.29, 1.82) is 0 Å². The Kier molecular flexibility index (Phi) is 5.46. The molecule has 0 aliphatic carbocycles. The molecule has 1 amide bonds. The van der Waals surface area contributed by atoms with Crippen molar-refractivity contribution in [2.45, 2.75) is 19.6 Å². The van der Waals surface area contributed by atoms with Crippen LogP contribution < -0.4 is 5.32 Å². The number of rotatable bonds is 7. The molecule has 1 N–H and O–H groups in total. The lowest BCUT2D eigenvalue weighted by molar-refractivity contribution is -0.122. The third-order valence-corrected chi connectivity index (χ3v) is 3.74. The predicted octanol–water partition coefficient (Wildman–Crippen LogP) is 3.21. The van der Waals surface area contributed by atoms with Crippen molar-refractivity contribution < 1.29 is 9.53 Å². The normalized spacial score (nSPS) is 10.9. The number of ether oxygens (including phenoxy) is 1. The quantitative estimate of drug-likeness (QED) is 0.670. The summed E-state index contributed by atoms with van der Waals surface area (Å²) in [6, 6.07) is 13.5. The number of pyridine rings is 1. The molecule has 0 aliphatic heterocycles. The van der Waals surface area contributed by atoms with Gasteiger partial charge < -0.3 is 14.5 Å². The minimum atomic E-state index is -0.0573. The zero-order valence-corrected chi connectivity index (χ0v) is 13.9. The van der Waals surface area contributed by atoms with E-state index in [2.05, 4.69) is 10.3 Å². The molecule has 1 aromatic carbocycles. The van der Waals surface area contributed by atoms with Gasteiger partial charge in [-0.15, -0.1) is 0 Å². The molecule has 0 radical (unpaired) electrons. The van der Waals surface area contributed by atoms with Crippen LogP contribution in [-0.2, 0) is 22.7 Å². The third kappa shape index (κ3) is 4.57. The van der Waals surface area contributed by atoms with E-state index in [4.69, 9.17) is 16.3 Å². The molecule has 0 aliphatic rings. The first-order valence-corrected chi connectivity index (χ1v) is 8.10. The number of fused-ring (bicyclic) bond motifs is 1. The van der Waals surface area contributed by atoms with E-state index in [1.807, 2.05) is 47.0 Å². The average molecular weight is 344 g/mol. The minimum absolute atomic E-state index is 0.0573. The lowest BCUT2D eigenvalue weighted by Gasteiger charge is -2.05. The van der Waals surface area contributed by atoms with Gasteiger partial charge in [-0.3, -0.25) is 4.79 Å². The van der Waals surface area contributed by atoms with Crippen molar-refractivity contribution >= 4 is 23.2 Å². The lowest BCUT2D eigenvalue weighted by Crippen LogP contribution is -2.24. The summed E-state index contributed by atoms with van der Waals surface area (Å²) in [6.07, 6.45) is 3.96. The van der Waals surface area contributed by atoms with E-state index in [0.29, 0.717) is 31.2 Å². The first-order chi connectivity index (χ1) is 11.7. The molecule has 0 atom stereocenters. The largest absolute Gasteiger partial charge is 0.376 e. The summed E-state index contributed by atoms with van der Waals surface area (Å²) in [6.45, 7) is 1.29. The van der Waals surface area contributed by atoms with Crippen LogP contribution in [0.15, 0.2) is 54.9 Å². The molecule has 24 heavy (non-hydrogen) atoms. The monoisotopic (exact) mass is 343 g/mol. The van der Waals surface area contributed by atoms with Crippen LogP contribution in [-0.4, -0.2) is 21.9 Å². The predicted molar refractivity (Wildman–Crippen MR) is 92.8 cm³/mol. The summed E-state index contributed by atoms with van der Waals surface area (Å²) >= 11 is 5.94. The topological polar surface area (TPSA) is 55.6 Å². The fourth-order valence-corrected chi connectivity index (χ4v) is 2.48.